The Bertz CT molecular complexity index is 981. The molecule has 1 atom stereocenters. The molecule has 0 saturated heterocycles. The number of hydroxylamine groups is 1. The number of nitrogens with one attached hydrogen (secondary N) is 1. The number of ether oxygens (including phenoxy) is 1. The predicted molar refractivity (Wildman–Crippen MR) is 106 cm³/mol. The standard InChI is InChI=1S/C18H21F3N4O3S/c1-12(14-6-9-16(23-10-14)18(19,20)21)29(3,26)25-17(22)24-28-11-13-4-7-15(27-2)8-5-13/h4-10H,11H2,1-3H3,(H3,22,24,25,26). The Morgan fingerprint density at radius 1 is 1.24 bits per heavy atom. The predicted octanol–water partition coefficient (Wildman–Crippen LogP) is 2.51. The van der Waals surface area contributed by atoms with Crippen LogP contribution in [0.1, 0.15) is 23.7 Å². The number of guanidine groups is 1. The first-order chi connectivity index (χ1) is 13.5. The number of benzene rings is 1. The third-order valence-corrected chi connectivity index (χ3v) is 5.79. The third-order valence-electron chi connectivity index (χ3n) is 3.88. The van der Waals surface area contributed by atoms with Gasteiger partial charge in [0, 0.05) is 22.9 Å². The molecule has 0 aliphatic rings. The number of nitrogens with zero attached hydrogens (tertiary/aromatic N) is 2. The SMILES string of the molecule is COc1ccc(CONC(N)=NS(C)(=O)=C(C)c2ccc(C(F)(F)F)nc2)cc1. The second kappa shape index (κ2) is 9.14. The first-order valence-electron chi connectivity index (χ1n) is 8.25. The smallest absolute Gasteiger partial charge is 0.433 e. The highest BCUT2D eigenvalue weighted by molar-refractivity contribution is 8.01. The van der Waals surface area contributed by atoms with Crippen molar-refractivity contribution < 1.29 is 27.0 Å². The molecule has 2 aromatic rings. The van der Waals surface area contributed by atoms with Crippen LogP contribution in [0.25, 0.3) is 0 Å². The maximum absolute atomic E-state index is 12.8. The highest BCUT2D eigenvalue weighted by atomic mass is 32.2. The minimum Gasteiger partial charge on any atom is -0.497 e. The number of aromatic nitrogens is 1. The highest BCUT2D eigenvalue weighted by Crippen LogP contribution is 2.27. The van der Waals surface area contributed by atoms with E-state index in [2.05, 4.69) is 14.9 Å². The average molecular weight is 430 g/mol. The normalized spacial score (nSPS) is 14.2. The van der Waals surface area contributed by atoms with Crippen LogP contribution in [-0.2, 0) is 27.3 Å². The quantitative estimate of drug-likeness (QED) is 0.240. The summed E-state index contributed by atoms with van der Waals surface area (Å²) in [6, 6.07) is 9.14. The molecule has 1 aromatic heterocycles. The van der Waals surface area contributed by atoms with Gasteiger partial charge in [0.1, 0.15) is 11.4 Å². The van der Waals surface area contributed by atoms with E-state index in [0.29, 0.717) is 5.75 Å². The summed E-state index contributed by atoms with van der Waals surface area (Å²) in [7, 11) is -1.45. The lowest BCUT2D eigenvalue weighted by Gasteiger charge is -2.11. The van der Waals surface area contributed by atoms with E-state index < -0.39 is 21.6 Å². The molecule has 0 fully saturated rings. The average Bonchev–Trinajstić information content (AvgIpc) is 2.67. The Labute approximate surface area is 166 Å². The fourth-order valence-corrected chi connectivity index (χ4v) is 3.29. The zero-order chi connectivity index (χ0) is 21.7. The van der Waals surface area contributed by atoms with E-state index in [4.69, 9.17) is 15.3 Å². The van der Waals surface area contributed by atoms with Crippen LogP contribution in [0.4, 0.5) is 13.2 Å². The van der Waals surface area contributed by atoms with E-state index >= 15 is 0 Å². The Morgan fingerprint density at radius 3 is 2.41 bits per heavy atom. The molecule has 0 saturated carbocycles. The van der Waals surface area contributed by atoms with Crippen LogP contribution in [0.15, 0.2) is 47.0 Å². The van der Waals surface area contributed by atoms with Crippen molar-refractivity contribution in [2.24, 2.45) is 10.1 Å². The number of pyridine rings is 1. The zero-order valence-corrected chi connectivity index (χ0v) is 16.8. The zero-order valence-electron chi connectivity index (χ0n) is 16.0. The third kappa shape index (κ3) is 6.36. The van der Waals surface area contributed by atoms with Gasteiger partial charge >= 0.3 is 6.18 Å². The largest absolute Gasteiger partial charge is 0.497 e. The first kappa shape index (κ1) is 22.5. The van der Waals surface area contributed by atoms with Gasteiger partial charge in [0.05, 0.1) is 23.4 Å². The van der Waals surface area contributed by atoms with Gasteiger partial charge in [0.2, 0.25) is 5.96 Å². The molecule has 1 unspecified atom stereocenters. The molecular weight excluding hydrogens is 409 g/mol. The molecule has 2 rings (SSSR count). The number of hydrogen-bond acceptors (Lipinski definition) is 4. The number of nitrogens with two attached hydrogens (primary N) is 1. The molecule has 0 spiro atoms. The summed E-state index contributed by atoms with van der Waals surface area (Å²) in [4.78, 5) is 8.81. The summed E-state index contributed by atoms with van der Waals surface area (Å²) in [5.74, 6) is 0.475. The Hall–Kier alpha value is -2.79. The summed E-state index contributed by atoms with van der Waals surface area (Å²) in [6.45, 7) is 1.65. The van der Waals surface area contributed by atoms with Crippen LogP contribution in [0, 0.1) is 0 Å². The summed E-state index contributed by atoms with van der Waals surface area (Å²) in [5, 5.41) is 0. The van der Waals surface area contributed by atoms with Crippen LogP contribution in [0.2, 0.25) is 0 Å². The van der Waals surface area contributed by atoms with Gasteiger partial charge in [-0.3, -0.25) is 9.82 Å². The molecule has 11 heteroatoms. The van der Waals surface area contributed by atoms with Crippen molar-refractivity contribution in [1.82, 2.24) is 10.5 Å². The Kier molecular flexibility index (Phi) is 7.09. The molecule has 158 valence electrons. The molecular formula is C18H21F3N4O3S. The lowest BCUT2D eigenvalue weighted by molar-refractivity contribution is -0.141. The summed E-state index contributed by atoms with van der Waals surface area (Å²) in [5.41, 5.74) is 8.16. The van der Waals surface area contributed by atoms with Gasteiger partial charge in [-0.15, -0.1) is 0 Å². The molecule has 0 radical (unpaired) electrons. The molecule has 0 amide bonds. The van der Waals surface area contributed by atoms with Crippen molar-refractivity contribution in [2.45, 2.75) is 19.7 Å². The second-order valence-electron chi connectivity index (χ2n) is 6.00. The van der Waals surface area contributed by atoms with Gasteiger partial charge in [-0.25, -0.2) is 9.69 Å². The van der Waals surface area contributed by atoms with Gasteiger partial charge in [0.25, 0.3) is 0 Å². The molecule has 0 aliphatic heterocycles. The van der Waals surface area contributed by atoms with Crippen LogP contribution in [-0.4, -0.2) is 33.4 Å². The van der Waals surface area contributed by atoms with Gasteiger partial charge in [-0.2, -0.15) is 17.6 Å². The van der Waals surface area contributed by atoms with E-state index in [0.717, 1.165) is 17.8 Å². The van der Waals surface area contributed by atoms with Crippen molar-refractivity contribution in [3.63, 3.8) is 0 Å². The van der Waals surface area contributed by atoms with Crippen LogP contribution >= 0.6 is 0 Å². The fraction of sp³-hybridized carbons (Fsp3) is 0.278. The second-order valence-corrected chi connectivity index (χ2v) is 8.40. The maximum atomic E-state index is 12.8. The maximum Gasteiger partial charge on any atom is 0.433 e. The minimum atomic E-state index is -4.55. The molecule has 0 aliphatic carbocycles. The Balaban J connectivity index is 2.07. The topological polar surface area (TPSA) is 98.8 Å². The van der Waals surface area contributed by atoms with Crippen LogP contribution < -0.4 is 16.0 Å². The summed E-state index contributed by atoms with van der Waals surface area (Å²) in [6.07, 6.45) is -2.23. The molecule has 1 aromatic carbocycles. The number of alkyl halides is 3. The summed E-state index contributed by atoms with van der Waals surface area (Å²) >= 11 is 0. The molecule has 7 nitrogen and oxygen atoms in total. The lowest BCUT2D eigenvalue weighted by atomic mass is 10.2. The molecule has 29 heavy (non-hydrogen) atoms. The lowest BCUT2D eigenvalue weighted by Crippen LogP contribution is -2.33. The minimum absolute atomic E-state index is 0.163. The van der Waals surface area contributed by atoms with E-state index in [-0.39, 0.29) is 23.0 Å². The highest BCUT2D eigenvalue weighted by Gasteiger charge is 2.32. The Morgan fingerprint density at radius 2 is 1.90 bits per heavy atom. The molecule has 0 bridgehead atoms. The van der Waals surface area contributed by atoms with Crippen molar-refractivity contribution >= 4 is 20.5 Å². The van der Waals surface area contributed by atoms with Crippen LogP contribution in [0.3, 0.4) is 0 Å². The van der Waals surface area contributed by atoms with Crippen molar-refractivity contribution in [2.75, 3.05) is 13.4 Å². The number of hydrogen-bond donors (Lipinski definition) is 2. The van der Waals surface area contributed by atoms with Gasteiger partial charge in [-0.1, -0.05) is 18.2 Å². The monoisotopic (exact) mass is 430 g/mol. The molecule has 1 heterocycles. The van der Waals surface area contributed by atoms with Crippen molar-refractivity contribution in [3.05, 3.63) is 59.4 Å². The van der Waals surface area contributed by atoms with E-state index in [9.17, 15) is 17.4 Å². The van der Waals surface area contributed by atoms with Crippen LogP contribution in [0.5, 0.6) is 5.75 Å². The van der Waals surface area contributed by atoms with Gasteiger partial charge in [-0.05, 0) is 30.7 Å². The van der Waals surface area contributed by atoms with E-state index in [1.807, 2.05) is 0 Å². The number of rotatable bonds is 6. The van der Waals surface area contributed by atoms with Gasteiger partial charge in [0.15, 0.2) is 0 Å². The summed E-state index contributed by atoms with van der Waals surface area (Å²) < 4.78 is 59.6. The van der Waals surface area contributed by atoms with Gasteiger partial charge < -0.3 is 10.5 Å². The molecule has 3 N–H and O–H groups in total. The van der Waals surface area contributed by atoms with Crippen molar-refractivity contribution in [1.29, 1.82) is 0 Å². The van der Waals surface area contributed by atoms with E-state index in [1.54, 1.807) is 31.4 Å². The first-order valence-corrected chi connectivity index (χ1v) is 10.2. The van der Waals surface area contributed by atoms with Crippen molar-refractivity contribution in [3.8, 4) is 5.75 Å². The number of halogens is 3. The number of methoxy groups -OCH3 is 1. The fourth-order valence-electron chi connectivity index (χ4n) is 2.18. The van der Waals surface area contributed by atoms with E-state index in [1.165, 1.54) is 19.2 Å².